The lowest BCUT2D eigenvalue weighted by Gasteiger charge is -2.41. The molecule has 1 spiro atoms. The molecule has 2 aliphatic heterocycles. The summed E-state index contributed by atoms with van der Waals surface area (Å²) >= 11 is 0. The number of aromatic nitrogens is 1. The molecule has 9 nitrogen and oxygen atoms in total. The van der Waals surface area contributed by atoms with Crippen LogP contribution in [0, 0.1) is 5.41 Å². The zero-order chi connectivity index (χ0) is 25.9. The van der Waals surface area contributed by atoms with Crippen molar-refractivity contribution in [2.45, 2.75) is 58.0 Å². The molecule has 1 aromatic carbocycles. The van der Waals surface area contributed by atoms with Gasteiger partial charge in [-0.3, -0.25) is 14.4 Å². The molecule has 196 valence electrons. The second-order valence-corrected chi connectivity index (χ2v) is 10.6. The van der Waals surface area contributed by atoms with Crippen molar-refractivity contribution in [2.75, 3.05) is 45.3 Å². The van der Waals surface area contributed by atoms with Crippen LogP contribution < -0.4 is 15.5 Å². The van der Waals surface area contributed by atoms with Crippen LogP contribution in [0.3, 0.4) is 0 Å². The average Bonchev–Trinajstić information content (AvgIpc) is 3.29. The van der Waals surface area contributed by atoms with Crippen molar-refractivity contribution in [3.05, 3.63) is 30.0 Å². The number of carbonyl (C=O) groups excluding carboxylic acids is 3. The second kappa shape index (κ2) is 10.9. The largest absolute Gasteiger partial charge is 0.379 e. The number of aromatic amines is 1. The molecule has 2 aliphatic rings. The van der Waals surface area contributed by atoms with Crippen LogP contribution in [0.2, 0.25) is 0 Å². The molecule has 0 aliphatic carbocycles. The summed E-state index contributed by atoms with van der Waals surface area (Å²) in [6.07, 6.45) is 3.58. The molecule has 3 N–H and O–H groups in total. The lowest BCUT2D eigenvalue weighted by Crippen LogP contribution is -2.55. The van der Waals surface area contributed by atoms with Crippen molar-refractivity contribution in [1.82, 2.24) is 20.5 Å². The Bertz CT molecular complexity index is 1100. The summed E-state index contributed by atoms with van der Waals surface area (Å²) in [6, 6.07) is 7.25. The first kappa shape index (κ1) is 26.0. The highest BCUT2D eigenvalue weighted by atomic mass is 16.5. The maximum atomic E-state index is 13.4. The number of nitrogens with one attached hydrogen (secondary N) is 3. The minimum atomic E-state index is -0.629. The predicted molar refractivity (Wildman–Crippen MR) is 140 cm³/mol. The van der Waals surface area contributed by atoms with Crippen molar-refractivity contribution in [3.8, 4) is 0 Å². The first-order chi connectivity index (χ1) is 17.2. The maximum Gasteiger partial charge on any atom is 0.270 e. The van der Waals surface area contributed by atoms with Crippen molar-refractivity contribution >= 4 is 34.3 Å². The number of benzene rings is 1. The number of piperidine rings is 1. The Morgan fingerprint density at radius 1 is 1.06 bits per heavy atom. The van der Waals surface area contributed by atoms with E-state index in [1.807, 2.05) is 55.1 Å². The summed E-state index contributed by atoms with van der Waals surface area (Å²) in [5.74, 6) is -0.350. The topological polar surface area (TPSA) is 107 Å². The highest BCUT2D eigenvalue weighted by molar-refractivity contribution is 5.99. The SMILES string of the molecule is C[C@@H]1NC(=O)C2(CCCCOC[C@H](C)NC1=O)CCN(C(=O)c1cc3ccc(N(C)C)cc3[nH]1)CC2. The van der Waals surface area contributed by atoms with Gasteiger partial charge in [0.05, 0.1) is 12.0 Å². The molecule has 36 heavy (non-hydrogen) atoms. The van der Waals surface area contributed by atoms with Gasteiger partial charge in [-0.2, -0.15) is 0 Å². The van der Waals surface area contributed by atoms with E-state index >= 15 is 0 Å². The predicted octanol–water partition coefficient (Wildman–Crippen LogP) is 2.67. The molecule has 0 saturated carbocycles. The fraction of sp³-hybridized carbons (Fsp3) is 0.593. The van der Waals surface area contributed by atoms with Gasteiger partial charge in [0.25, 0.3) is 5.91 Å². The van der Waals surface area contributed by atoms with Crippen LogP contribution in [0.4, 0.5) is 5.69 Å². The van der Waals surface area contributed by atoms with E-state index in [4.69, 9.17) is 4.74 Å². The number of nitrogens with zero attached hydrogens (tertiary/aromatic N) is 2. The van der Waals surface area contributed by atoms with Crippen LogP contribution in [-0.2, 0) is 14.3 Å². The van der Waals surface area contributed by atoms with E-state index in [1.165, 1.54) is 0 Å². The van der Waals surface area contributed by atoms with Gasteiger partial charge in [0.1, 0.15) is 11.7 Å². The molecule has 0 bridgehead atoms. The third-order valence-electron chi connectivity index (χ3n) is 7.53. The number of carbonyl (C=O) groups is 3. The van der Waals surface area contributed by atoms with Gasteiger partial charge in [-0.1, -0.05) is 12.5 Å². The Hall–Kier alpha value is -3.07. The van der Waals surface area contributed by atoms with Gasteiger partial charge in [-0.25, -0.2) is 0 Å². The fourth-order valence-corrected chi connectivity index (χ4v) is 5.16. The zero-order valence-electron chi connectivity index (χ0n) is 21.9. The molecule has 2 saturated heterocycles. The van der Waals surface area contributed by atoms with E-state index in [2.05, 4.69) is 15.6 Å². The maximum absolute atomic E-state index is 13.4. The van der Waals surface area contributed by atoms with Gasteiger partial charge >= 0.3 is 0 Å². The minimum Gasteiger partial charge on any atom is -0.379 e. The molecule has 0 radical (unpaired) electrons. The van der Waals surface area contributed by atoms with E-state index in [9.17, 15) is 14.4 Å². The Kier molecular flexibility index (Phi) is 7.88. The summed E-state index contributed by atoms with van der Waals surface area (Å²) in [5, 5.41) is 6.85. The number of hydrogen-bond donors (Lipinski definition) is 3. The number of amides is 3. The lowest BCUT2D eigenvalue weighted by atomic mass is 9.73. The zero-order valence-corrected chi connectivity index (χ0v) is 21.9. The molecule has 4 rings (SSSR count). The fourth-order valence-electron chi connectivity index (χ4n) is 5.16. The molecular formula is C27H39N5O4. The molecule has 3 amide bonds. The van der Waals surface area contributed by atoms with E-state index in [1.54, 1.807) is 6.92 Å². The molecule has 2 fully saturated rings. The number of fused-ring (bicyclic) bond motifs is 1. The van der Waals surface area contributed by atoms with Gasteiger partial charge in [0.15, 0.2) is 0 Å². The summed E-state index contributed by atoms with van der Waals surface area (Å²) in [5.41, 5.74) is 1.96. The highest BCUT2D eigenvalue weighted by Gasteiger charge is 2.42. The van der Waals surface area contributed by atoms with E-state index in [-0.39, 0.29) is 23.8 Å². The first-order valence-corrected chi connectivity index (χ1v) is 13.0. The van der Waals surface area contributed by atoms with Crippen molar-refractivity contribution in [3.63, 3.8) is 0 Å². The van der Waals surface area contributed by atoms with Gasteiger partial charge in [0, 0.05) is 56.4 Å². The van der Waals surface area contributed by atoms with Crippen LogP contribution in [0.15, 0.2) is 24.3 Å². The highest BCUT2D eigenvalue weighted by Crippen LogP contribution is 2.38. The number of ether oxygens (including phenoxy) is 1. The van der Waals surface area contributed by atoms with Crippen molar-refractivity contribution in [2.24, 2.45) is 5.41 Å². The van der Waals surface area contributed by atoms with Gasteiger partial charge in [-0.05, 0) is 57.7 Å². The second-order valence-electron chi connectivity index (χ2n) is 10.6. The quantitative estimate of drug-likeness (QED) is 0.592. The normalized spacial score (nSPS) is 23.8. The first-order valence-electron chi connectivity index (χ1n) is 13.0. The summed E-state index contributed by atoms with van der Waals surface area (Å²) in [4.78, 5) is 46.4. The third kappa shape index (κ3) is 5.67. The number of rotatable bonds is 2. The molecular weight excluding hydrogens is 458 g/mol. The summed E-state index contributed by atoms with van der Waals surface area (Å²) in [7, 11) is 3.97. The number of likely N-dealkylation sites (tertiary alicyclic amines) is 1. The van der Waals surface area contributed by atoms with Crippen LogP contribution >= 0.6 is 0 Å². The van der Waals surface area contributed by atoms with E-state index < -0.39 is 11.5 Å². The third-order valence-corrected chi connectivity index (χ3v) is 7.53. The van der Waals surface area contributed by atoms with Crippen LogP contribution in [0.1, 0.15) is 56.4 Å². The van der Waals surface area contributed by atoms with Crippen LogP contribution in [-0.4, -0.2) is 80.1 Å². The monoisotopic (exact) mass is 497 g/mol. The standard InChI is InChI=1S/C27H39N5O4/c1-18-17-36-14-6-5-9-27(26(35)29-19(2)24(33)28-18)10-12-32(13-11-27)25(34)23-15-20-7-8-21(31(3)4)16-22(20)30-23/h7-8,15-16,18-19,30H,5-6,9-14,17H2,1-4H3,(H,28,33)(H,29,35)/t18-,19-/m0/s1. The summed E-state index contributed by atoms with van der Waals surface area (Å²) in [6.45, 7) is 5.67. The smallest absolute Gasteiger partial charge is 0.270 e. The Labute approximate surface area is 212 Å². The van der Waals surface area contributed by atoms with Crippen LogP contribution in [0.25, 0.3) is 10.9 Å². The van der Waals surface area contributed by atoms with Gasteiger partial charge in [-0.15, -0.1) is 0 Å². The molecule has 9 heteroatoms. The number of anilines is 1. The Morgan fingerprint density at radius 2 is 1.81 bits per heavy atom. The van der Waals surface area contributed by atoms with E-state index in [0.29, 0.717) is 51.3 Å². The molecule has 0 unspecified atom stereocenters. The molecule has 2 atom stereocenters. The number of H-pyrrole nitrogens is 1. The number of hydrogen-bond acceptors (Lipinski definition) is 5. The van der Waals surface area contributed by atoms with E-state index in [0.717, 1.165) is 29.4 Å². The van der Waals surface area contributed by atoms with Crippen LogP contribution in [0.5, 0.6) is 0 Å². The molecule has 3 heterocycles. The van der Waals surface area contributed by atoms with Crippen molar-refractivity contribution in [1.29, 1.82) is 0 Å². The summed E-state index contributed by atoms with van der Waals surface area (Å²) < 4.78 is 5.71. The van der Waals surface area contributed by atoms with Gasteiger partial charge in [0.2, 0.25) is 11.8 Å². The molecule has 1 aromatic heterocycles. The van der Waals surface area contributed by atoms with Gasteiger partial charge < -0.3 is 30.2 Å². The average molecular weight is 498 g/mol. The van der Waals surface area contributed by atoms with Crippen molar-refractivity contribution < 1.29 is 19.1 Å². The molecule has 2 aromatic rings. The Balaban J connectivity index is 1.46. The minimum absolute atomic E-state index is 0.0485. The Morgan fingerprint density at radius 3 is 2.53 bits per heavy atom. The lowest BCUT2D eigenvalue weighted by molar-refractivity contribution is -0.137.